The molecule has 0 aliphatic carbocycles. The number of rotatable bonds is 3. The van der Waals surface area contributed by atoms with Crippen LogP contribution in [0.2, 0.25) is 0 Å². The highest BCUT2D eigenvalue weighted by atomic mass is 19.1. The Hall–Kier alpha value is -2.43. The molecule has 1 aromatic carbocycles. The van der Waals surface area contributed by atoms with E-state index < -0.39 is 11.8 Å². The SMILES string of the molecule is O=C(O)c1cc(F)ccc1Oc1cccnc1. The van der Waals surface area contributed by atoms with Gasteiger partial charge in [-0.1, -0.05) is 0 Å². The smallest absolute Gasteiger partial charge is 0.339 e. The van der Waals surface area contributed by atoms with Gasteiger partial charge in [0.1, 0.15) is 22.9 Å². The Balaban J connectivity index is 2.36. The first-order valence-corrected chi connectivity index (χ1v) is 4.77. The van der Waals surface area contributed by atoms with Crippen molar-refractivity contribution in [3.05, 3.63) is 54.1 Å². The minimum Gasteiger partial charge on any atom is -0.478 e. The molecule has 17 heavy (non-hydrogen) atoms. The molecule has 5 heteroatoms. The first kappa shape index (κ1) is 11.1. The zero-order valence-corrected chi connectivity index (χ0v) is 8.63. The summed E-state index contributed by atoms with van der Waals surface area (Å²) in [5, 5.41) is 8.91. The predicted molar refractivity (Wildman–Crippen MR) is 57.7 cm³/mol. The molecule has 0 aliphatic heterocycles. The Morgan fingerprint density at radius 2 is 2.18 bits per heavy atom. The minimum atomic E-state index is -1.25. The fourth-order valence-electron chi connectivity index (χ4n) is 1.29. The summed E-state index contributed by atoms with van der Waals surface area (Å²) in [5.74, 6) is -1.40. The van der Waals surface area contributed by atoms with Crippen LogP contribution in [0.5, 0.6) is 11.5 Å². The van der Waals surface area contributed by atoms with E-state index in [0.29, 0.717) is 5.75 Å². The van der Waals surface area contributed by atoms with Crippen LogP contribution in [0.4, 0.5) is 4.39 Å². The topological polar surface area (TPSA) is 59.4 Å². The zero-order valence-electron chi connectivity index (χ0n) is 8.63. The average Bonchev–Trinajstić information content (AvgIpc) is 2.32. The second-order valence-corrected chi connectivity index (χ2v) is 3.24. The summed E-state index contributed by atoms with van der Waals surface area (Å²) in [6.45, 7) is 0. The fourth-order valence-corrected chi connectivity index (χ4v) is 1.29. The Morgan fingerprint density at radius 3 is 2.82 bits per heavy atom. The van der Waals surface area contributed by atoms with Crippen molar-refractivity contribution in [2.24, 2.45) is 0 Å². The van der Waals surface area contributed by atoms with E-state index in [4.69, 9.17) is 9.84 Å². The van der Waals surface area contributed by atoms with Gasteiger partial charge in [-0.25, -0.2) is 9.18 Å². The molecule has 0 aliphatic rings. The molecular formula is C12H8FNO3. The summed E-state index contributed by atoms with van der Waals surface area (Å²) in [5.41, 5.74) is -0.228. The van der Waals surface area contributed by atoms with Crippen molar-refractivity contribution in [1.29, 1.82) is 0 Å². The van der Waals surface area contributed by atoms with Crippen molar-refractivity contribution in [3.8, 4) is 11.5 Å². The number of hydrogen-bond donors (Lipinski definition) is 1. The highest BCUT2D eigenvalue weighted by molar-refractivity contribution is 5.91. The van der Waals surface area contributed by atoms with Gasteiger partial charge < -0.3 is 9.84 Å². The lowest BCUT2D eigenvalue weighted by molar-refractivity contribution is 0.0693. The van der Waals surface area contributed by atoms with Crippen LogP contribution in [0.3, 0.4) is 0 Å². The van der Waals surface area contributed by atoms with Crippen LogP contribution in [0.15, 0.2) is 42.7 Å². The first-order chi connectivity index (χ1) is 8.16. The molecule has 0 saturated heterocycles. The molecule has 2 rings (SSSR count). The number of carboxylic acids is 1. The molecule has 0 amide bonds. The monoisotopic (exact) mass is 233 g/mol. The van der Waals surface area contributed by atoms with Crippen LogP contribution < -0.4 is 4.74 Å². The molecule has 0 atom stereocenters. The Kier molecular flexibility index (Phi) is 3.00. The maximum Gasteiger partial charge on any atom is 0.339 e. The van der Waals surface area contributed by atoms with E-state index in [1.54, 1.807) is 18.3 Å². The third-order valence-electron chi connectivity index (χ3n) is 2.03. The summed E-state index contributed by atoms with van der Waals surface area (Å²) in [4.78, 5) is 14.7. The summed E-state index contributed by atoms with van der Waals surface area (Å²) in [7, 11) is 0. The van der Waals surface area contributed by atoms with Crippen LogP contribution >= 0.6 is 0 Å². The molecule has 0 unspecified atom stereocenters. The minimum absolute atomic E-state index is 0.0758. The number of benzene rings is 1. The van der Waals surface area contributed by atoms with Gasteiger partial charge in [-0.3, -0.25) is 4.98 Å². The van der Waals surface area contributed by atoms with Gasteiger partial charge in [0.25, 0.3) is 0 Å². The van der Waals surface area contributed by atoms with Crippen molar-refractivity contribution in [2.75, 3.05) is 0 Å². The van der Waals surface area contributed by atoms with Gasteiger partial charge in [0.05, 0.1) is 6.20 Å². The van der Waals surface area contributed by atoms with Gasteiger partial charge in [-0.05, 0) is 30.3 Å². The van der Waals surface area contributed by atoms with Gasteiger partial charge in [0.2, 0.25) is 0 Å². The molecule has 86 valence electrons. The van der Waals surface area contributed by atoms with Crippen molar-refractivity contribution in [2.45, 2.75) is 0 Å². The maximum atomic E-state index is 12.9. The van der Waals surface area contributed by atoms with E-state index >= 15 is 0 Å². The molecule has 1 N–H and O–H groups in total. The van der Waals surface area contributed by atoms with Crippen LogP contribution in [0.25, 0.3) is 0 Å². The van der Waals surface area contributed by atoms with Crippen LogP contribution in [0.1, 0.15) is 10.4 Å². The number of pyridine rings is 1. The third-order valence-corrected chi connectivity index (χ3v) is 2.03. The molecule has 2 aromatic rings. The molecule has 0 spiro atoms. The molecule has 0 saturated carbocycles. The summed E-state index contributed by atoms with van der Waals surface area (Å²) in [6, 6.07) is 6.60. The summed E-state index contributed by atoms with van der Waals surface area (Å²) >= 11 is 0. The largest absolute Gasteiger partial charge is 0.478 e. The fraction of sp³-hybridized carbons (Fsp3) is 0. The van der Waals surface area contributed by atoms with Gasteiger partial charge in [-0.15, -0.1) is 0 Å². The zero-order chi connectivity index (χ0) is 12.3. The predicted octanol–water partition coefficient (Wildman–Crippen LogP) is 2.71. The van der Waals surface area contributed by atoms with Gasteiger partial charge in [0, 0.05) is 6.20 Å². The molecule has 4 nitrogen and oxygen atoms in total. The van der Waals surface area contributed by atoms with E-state index in [2.05, 4.69) is 4.98 Å². The second kappa shape index (κ2) is 4.61. The first-order valence-electron chi connectivity index (χ1n) is 4.77. The lowest BCUT2D eigenvalue weighted by atomic mass is 10.2. The number of halogens is 1. The van der Waals surface area contributed by atoms with E-state index in [0.717, 1.165) is 12.1 Å². The van der Waals surface area contributed by atoms with E-state index in [-0.39, 0.29) is 11.3 Å². The number of hydrogen-bond acceptors (Lipinski definition) is 3. The average molecular weight is 233 g/mol. The van der Waals surface area contributed by atoms with Crippen molar-refractivity contribution in [3.63, 3.8) is 0 Å². The number of aromatic carboxylic acids is 1. The summed E-state index contributed by atoms with van der Waals surface area (Å²) < 4.78 is 18.2. The third kappa shape index (κ3) is 2.57. The summed E-state index contributed by atoms with van der Waals surface area (Å²) in [6.07, 6.45) is 3.00. The van der Waals surface area contributed by atoms with Gasteiger partial charge >= 0.3 is 5.97 Å². The lowest BCUT2D eigenvalue weighted by Crippen LogP contribution is -2.00. The van der Waals surface area contributed by atoms with Crippen LogP contribution in [0, 0.1) is 5.82 Å². The number of aromatic nitrogens is 1. The van der Waals surface area contributed by atoms with E-state index in [9.17, 15) is 9.18 Å². The number of carboxylic acid groups (broad SMARTS) is 1. The molecule has 0 radical (unpaired) electrons. The van der Waals surface area contributed by atoms with Crippen molar-refractivity contribution < 1.29 is 19.0 Å². The molecular weight excluding hydrogens is 225 g/mol. The van der Waals surface area contributed by atoms with E-state index in [1.165, 1.54) is 12.3 Å². The Morgan fingerprint density at radius 1 is 1.35 bits per heavy atom. The number of carbonyl (C=O) groups is 1. The van der Waals surface area contributed by atoms with Gasteiger partial charge in [0.15, 0.2) is 0 Å². The standard InChI is InChI=1S/C12H8FNO3/c13-8-3-4-11(10(6-8)12(15)16)17-9-2-1-5-14-7-9/h1-7H,(H,15,16). The highest BCUT2D eigenvalue weighted by Gasteiger charge is 2.13. The number of ether oxygens (including phenoxy) is 1. The Bertz CT molecular complexity index is 543. The van der Waals surface area contributed by atoms with Crippen molar-refractivity contribution in [1.82, 2.24) is 4.98 Å². The highest BCUT2D eigenvalue weighted by Crippen LogP contribution is 2.25. The Labute approximate surface area is 96.3 Å². The lowest BCUT2D eigenvalue weighted by Gasteiger charge is -2.07. The van der Waals surface area contributed by atoms with Crippen LogP contribution in [-0.2, 0) is 0 Å². The second-order valence-electron chi connectivity index (χ2n) is 3.24. The van der Waals surface area contributed by atoms with E-state index in [1.807, 2.05) is 0 Å². The maximum absolute atomic E-state index is 12.9. The quantitative estimate of drug-likeness (QED) is 0.885. The van der Waals surface area contributed by atoms with Crippen molar-refractivity contribution >= 4 is 5.97 Å². The molecule has 0 bridgehead atoms. The van der Waals surface area contributed by atoms with Gasteiger partial charge in [-0.2, -0.15) is 0 Å². The molecule has 1 aromatic heterocycles. The normalized spacial score (nSPS) is 9.94. The molecule has 1 heterocycles. The number of nitrogens with zero attached hydrogens (tertiary/aromatic N) is 1. The molecule has 0 fully saturated rings. The van der Waals surface area contributed by atoms with Crippen LogP contribution in [-0.4, -0.2) is 16.1 Å².